The molecule has 9 nitrogen and oxygen atoms in total. The molecule has 0 atom stereocenters. The summed E-state index contributed by atoms with van der Waals surface area (Å²) in [5.41, 5.74) is 1.23. The third-order valence-corrected chi connectivity index (χ3v) is 9.72. The number of hydrogen-bond acceptors (Lipinski definition) is 7. The lowest BCUT2D eigenvalue weighted by molar-refractivity contribution is -0.138. The monoisotopic (exact) mass is 563 g/mol. The van der Waals surface area contributed by atoms with Crippen LogP contribution in [0.1, 0.15) is 38.4 Å². The second-order valence-electron chi connectivity index (χ2n) is 10.7. The number of ether oxygens (including phenoxy) is 1. The van der Waals surface area contributed by atoms with Crippen LogP contribution < -0.4 is 4.90 Å². The summed E-state index contributed by atoms with van der Waals surface area (Å²) >= 11 is 0. The molecule has 0 amide bonds. The first kappa shape index (κ1) is 26.2. The third-order valence-electron chi connectivity index (χ3n) is 7.85. The standard InChI is InChI=1S/C26H28F3N5O4S/c1-16-17(3-2-4-19(16)26(27,28)29)9-21-20(11-32-12-25(13-32)14-39(37)15-25)30-23-18(24(35)36)10-22(31-34(21)23)33-5-7-38-8-6-33/h2-4,10H,5-9,11-15H2,1H3,(H,35,36). The summed E-state index contributed by atoms with van der Waals surface area (Å²) in [7, 11) is -0.768. The Kier molecular flexibility index (Phi) is 6.42. The summed E-state index contributed by atoms with van der Waals surface area (Å²) in [4.78, 5) is 21.1. The van der Waals surface area contributed by atoms with Gasteiger partial charge in [-0.15, -0.1) is 5.10 Å². The normalized spacial score (nSPS) is 19.8. The van der Waals surface area contributed by atoms with E-state index in [2.05, 4.69) is 4.90 Å². The van der Waals surface area contributed by atoms with Gasteiger partial charge in [0.1, 0.15) is 5.56 Å². The fourth-order valence-electron chi connectivity index (χ4n) is 5.92. The highest BCUT2D eigenvalue weighted by atomic mass is 32.2. The number of nitrogens with zero attached hydrogens (tertiary/aromatic N) is 5. The summed E-state index contributed by atoms with van der Waals surface area (Å²) in [6.07, 6.45) is -4.39. The van der Waals surface area contributed by atoms with Crippen LogP contribution in [0.25, 0.3) is 5.65 Å². The molecule has 5 heterocycles. The number of aromatic nitrogens is 3. The number of fused-ring (bicyclic) bond motifs is 1. The van der Waals surface area contributed by atoms with Crippen molar-refractivity contribution in [1.82, 2.24) is 19.5 Å². The SMILES string of the molecule is Cc1c(Cc2c(CN3CC4(C3)CS(=O)C4)nc3c(C(=O)O)cc(N4CCOCC4)nn23)cccc1C(F)(F)F. The molecule has 208 valence electrons. The van der Waals surface area contributed by atoms with Gasteiger partial charge in [0.05, 0.1) is 30.2 Å². The number of carboxylic acid groups (broad SMARTS) is 1. The van der Waals surface area contributed by atoms with E-state index in [0.717, 1.165) is 19.2 Å². The van der Waals surface area contributed by atoms with E-state index in [0.29, 0.717) is 67.1 Å². The number of hydrogen-bond donors (Lipinski definition) is 1. The van der Waals surface area contributed by atoms with Crippen molar-refractivity contribution in [1.29, 1.82) is 0 Å². The average Bonchev–Trinajstić information content (AvgIpc) is 3.19. The molecule has 6 rings (SSSR count). The van der Waals surface area contributed by atoms with Gasteiger partial charge in [0.15, 0.2) is 11.5 Å². The molecular weight excluding hydrogens is 535 g/mol. The van der Waals surface area contributed by atoms with Crippen LogP contribution in [-0.4, -0.2) is 85.7 Å². The quantitative estimate of drug-likeness (QED) is 0.489. The maximum Gasteiger partial charge on any atom is 0.416 e. The number of imidazole rings is 1. The lowest BCUT2D eigenvalue weighted by atomic mass is 9.83. The maximum absolute atomic E-state index is 13.7. The van der Waals surface area contributed by atoms with Gasteiger partial charge in [-0.2, -0.15) is 13.2 Å². The topological polar surface area (TPSA) is 100 Å². The average molecular weight is 564 g/mol. The van der Waals surface area contributed by atoms with E-state index in [9.17, 15) is 27.3 Å². The molecule has 13 heteroatoms. The number of anilines is 1. The number of benzene rings is 1. The molecule has 3 aliphatic rings. The molecule has 0 aliphatic carbocycles. The van der Waals surface area contributed by atoms with Gasteiger partial charge in [0.25, 0.3) is 0 Å². The van der Waals surface area contributed by atoms with E-state index in [-0.39, 0.29) is 28.6 Å². The van der Waals surface area contributed by atoms with Gasteiger partial charge in [0.2, 0.25) is 0 Å². The van der Waals surface area contributed by atoms with E-state index in [4.69, 9.17) is 14.8 Å². The Hall–Kier alpha value is -3.03. The zero-order valence-corrected chi connectivity index (χ0v) is 22.1. The minimum Gasteiger partial charge on any atom is -0.478 e. The molecule has 1 aromatic carbocycles. The van der Waals surface area contributed by atoms with Crippen LogP contribution in [0, 0.1) is 12.3 Å². The first-order valence-corrected chi connectivity index (χ1v) is 14.2. The van der Waals surface area contributed by atoms with Crippen LogP contribution in [0.15, 0.2) is 24.3 Å². The Balaban J connectivity index is 1.44. The molecule has 3 fully saturated rings. The molecule has 0 bridgehead atoms. The Morgan fingerprint density at radius 3 is 2.56 bits per heavy atom. The summed E-state index contributed by atoms with van der Waals surface area (Å²) in [6.45, 7) is 5.41. The van der Waals surface area contributed by atoms with E-state index >= 15 is 0 Å². The number of rotatable bonds is 6. The second-order valence-corrected chi connectivity index (χ2v) is 12.2. The minimum atomic E-state index is -4.49. The predicted octanol–water partition coefficient (Wildman–Crippen LogP) is 2.75. The van der Waals surface area contributed by atoms with Gasteiger partial charge in [0, 0.05) is 72.9 Å². The highest BCUT2D eigenvalue weighted by molar-refractivity contribution is 7.86. The smallest absolute Gasteiger partial charge is 0.416 e. The van der Waals surface area contributed by atoms with Crippen molar-refractivity contribution < 1.29 is 32.0 Å². The Labute approximate surface area is 225 Å². The van der Waals surface area contributed by atoms with Crippen molar-refractivity contribution in [3.05, 3.63) is 57.9 Å². The molecule has 0 radical (unpaired) electrons. The zero-order valence-electron chi connectivity index (χ0n) is 21.3. The molecule has 0 saturated carbocycles. The molecule has 0 unspecified atom stereocenters. The van der Waals surface area contributed by atoms with Crippen LogP contribution in [0.4, 0.5) is 19.0 Å². The van der Waals surface area contributed by atoms with Gasteiger partial charge in [-0.25, -0.2) is 14.3 Å². The largest absolute Gasteiger partial charge is 0.478 e. The zero-order chi connectivity index (χ0) is 27.5. The summed E-state index contributed by atoms with van der Waals surface area (Å²) < 4.78 is 59.6. The van der Waals surface area contributed by atoms with Crippen LogP contribution in [0.2, 0.25) is 0 Å². The molecular formula is C26H28F3N5O4S. The molecule has 1 spiro atoms. The number of halogens is 3. The molecule has 2 aromatic heterocycles. The van der Waals surface area contributed by atoms with Gasteiger partial charge in [-0.05, 0) is 24.1 Å². The second kappa shape index (κ2) is 9.56. The fourth-order valence-corrected chi connectivity index (χ4v) is 7.56. The number of carboxylic acids is 1. The Morgan fingerprint density at radius 2 is 1.92 bits per heavy atom. The van der Waals surface area contributed by atoms with Crippen LogP contribution in [0.5, 0.6) is 0 Å². The summed E-state index contributed by atoms with van der Waals surface area (Å²) in [5, 5.41) is 14.8. The first-order chi connectivity index (χ1) is 18.5. The first-order valence-electron chi connectivity index (χ1n) is 12.7. The van der Waals surface area contributed by atoms with E-state index in [1.165, 1.54) is 23.6 Å². The van der Waals surface area contributed by atoms with Crippen LogP contribution in [0.3, 0.4) is 0 Å². The lowest BCUT2D eigenvalue weighted by Gasteiger charge is -2.54. The van der Waals surface area contributed by atoms with Crippen LogP contribution in [-0.2, 0) is 34.7 Å². The minimum absolute atomic E-state index is 0.0192. The van der Waals surface area contributed by atoms with Gasteiger partial charge in [-0.1, -0.05) is 12.1 Å². The number of aromatic carboxylic acids is 1. The predicted molar refractivity (Wildman–Crippen MR) is 138 cm³/mol. The lowest BCUT2D eigenvalue weighted by Crippen LogP contribution is -2.66. The van der Waals surface area contributed by atoms with E-state index < -0.39 is 28.5 Å². The van der Waals surface area contributed by atoms with Crippen LogP contribution >= 0.6 is 0 Å². The Morgan fingerprint density at radius 1 is 1.21 bits per heavy atom. The highest BCUT2D eigenvalue weighted by Gasteiger charge is 2.51. The van der Waals surface area contributed by atoms with Crippen molar-refractivity contribution >= 4 is 28.2 Å². The van der Waals surface area contributed by atoms with Crippen molar-refractivity contribution in [2.75, 3.05) is 55.8 Å². The molecule has 1 N–H and O–H groups in total. The molecule has 3 aliphatic heterocycles. The third kappa shape index (κ3) is 4.80. The van der Waals surface area contributed by atoms with Gasteiger partial charge in [-0.3, -0.25) is 9.11 Å². The summed E-state index contributed by atoms with van der Waals surface area (Å²) in [5.74, 6) is 0.654. The number of alkyl halides is 3. The van der Waals surface area contributed by atoms with E-state index in [1.54, 1.807) is 6.07 Å². The summed E-state index contributed by atoms with van der Waals surface area (Å²) in [6, 6.07) is 5.61. The van der Waals surface area contributed by atoms with Crippen molar-refractivity contribution in [3.8, 4) is 0 Å². The number of likely N-dealkylation sites (tertiary alicyclic amines) is 1. The number of carbonyl (C=O) groups is 1. The molecule has 3 saturated heterocycles. The van der Waals surface area contributed by atoms with E-state index in [1.807, 2.05) is 4.90 Å². The van der Waals surface area contributed by atoms with Crippen molar-refractivity contribution in [2.45, 2.75) is 26.1 Å². The Bertz CT molecular complexity index is 1470. The molecule has 3 aromatic rings. The highest BCUT2D eigenvalue weighted by Crippen LogP contribution is 2.41. The fraction of sp³-hybridized carbons (Fsp3) is 0.500. The van der Waals surface area contributed by atoms with Crippen molar-refractivity contribution in [2.24, 2.45) is 5.41 Å². The number of morpholine rings is 1. The van der Waals surface area contributed by atoms with Crippen molar-refractivity contribution in [3.63, 3.8) is 0 Å². The van der Waals surface area contributed by atoms with Gasteiger partial charge >= 0.3 is 12.1 Å². The molecule has 39 heavy (non-hydrogen) atoms. The van der Waals surface area contributed by atoms with Gasteiger partial charge < -0.3 is 14.7 Å². The maximum atomic E-state index is 13.7.